The van der Waals surface area contributed by atoms with Gasteiger partial charge in [0, 0.05) is 18.4 Å². The summed E-state index contributed by atoms with van der Waals surface area (Å²) in [7, 11) is 1.77. The van der Waals surface area contributed by atoms with E-state index in [2.05, 4.69) is 27.7 Å². The maximum absolute atomic E-state index is 5.69. The molecule has 0 aliphatic heterocycles. The van der Waals surface area contributed by atoms with Gasteiger partial charge in [0.1, 0.15) is 0 Å². The summed E-state index contributed by atoms with van der Waals surface area (Å²) in [5, 5.41) is 0. The van der Waals surface area contributed by atoms with E-state index in [0.717, 1.165) is 26.1 Å². The Morgan fingerprint density at radius 3 is 1.88 bits per heavy atom. The van der Waals surface area contributed by atoms with Gasteiger partial charge in [-0.3, -0.25) is 0 Å². The molecule has 0 radical (unpaired) electrons. The van der Waals surface area contributed by atoms with Crippen molar-refractivity contribution in [2.45, 2.75) is 40.5 Å². The molecule has 0 bridgehead atoms. The number of hydrogen-bond donors (Lipinski definition) is 0. The van der Waals surface area contributed by atoms with Gasteiger partial charge in [0.2, 0.25) is 0 Å². The highest BCUT2D eigenvalue weighted by molar-refractivity contribution is 6.17. The maximum Gasteiger partial charge on any atom is 0.0602 e. The zero-order valence-corrected chi connectivity index (χ0v) is 12.8. The van der Waals surface area contributed by atoms with Gasteiger partial charge in [0.15, 0.2) is 0 Å². The minimum atomic E-state index is 0.142. The first-order valence-corrected chi connectivity index (χ1v) is 7.12. The van der Waals surface area contributed by atoms with Crippen LogP contribution in [0.5, 0.6) is 0 Å². The van der Waals surface area contributed by atoms with Crippen molar-refractivity contribution in [3.63, 3.8) is 0 Å². The van der Waals surface area contributed by atoms with Crippen molar-refractivity contribution in [2.75, 3.05) is 32.8 Å². The summed E-state index contributed by atoms with van der Waals surface area (Å²) >= 11 is 5.66. The fraction of sp³-hybridized carbons (Fsp3) is 1.00. The first kappa shape index (κ1) is 17.2. The summed E-state index contributed by atoms with van der Waals surface area (Å²) in [5.74, 6) is 1.87. The van der Waals surface area contributed by atoms with E-state index in [1.807, 2.05) is 0 Å². The zero-order chi connectivity index (χ0) is 13.3. The largest absolute Gasteiger partial charge is 0.384 e. The molecule has 0 unspecified atom stereocenters. The van der Waals surface area contributed by atoms with Crippen molar-refractivity contribution in [1.29, 1.82) is 0 Å². The van der Waals surface area contributed by atoms with E-state index in [0.29, 0.717) is 24.3 Å². The molecule has 3 heteroatoms. The summed E-state index contributed by atoms with van der Waals surface area (Å²) in [6.45, 7) is 11.2. The Kier molecular flexibility index (Phi) is 9.29. The van der Waals surface area contributed by atoms with Crippen molar-refractivity contribution in [1.82, 2.24) is 0 Å². The second-order valence-electron chi connectivity index (χ2n) is 5.87. The molecule has 0 spiro atoms. The van der Waals surface area contributed by atoms with E-state index >= 15 is 0 Å². The number of rotatable bonds is 10. The monoisotopic (exact) mass is 264 g/mol. The molecule has 0 fully saturated rings. The van der Waals surface area contributed by atoms with Crippen LogP contribution in [0.25, 0.3) is 0 Å². The molecule has 0 saturated carbocycles. The average Bonchev–Trinajstić information content (AvgIpc) is 2.16. The van der Waals surface area contributed by atoms with Gasteiger partial charge in [-0.1, -0.05) is 27.7 Å². The van der Waals surface area contributed by atoms with Gasteiger partial charge in [-0.05, 0) is 24.7 Å². The quantitative estimate of drug-likeness (QED) is 0.439. The molecule has 0 aromatic heterocycles. The molecule has 2 nitrogen and oxygen atoms in total. The highest BCUT2D eigenvalue weighted by Gasteiger charge is 2.32. The van der Waals surface area contributed by atoms with E-state index < -0.39 is 0 Å². The third-order valence-electron chi connectivity index (χ3n) is 2.76. The van der Waals surface area contributed by atoms with Crippen molar-refractivity contribution < 1.29 is 9.47 Å². The topological polar surface area (TPSA) is 18.5 Å². The second kappa shape index (κ2) is 9.18. The maximum atomic E-state index is 5.69. The summed E-state index contributed by atoms with van der Waals surface area (Å²) in [4.78, 5) is 0. The van der Waals surface area contributed by atoms with Crippen LogP contribution in [0.4, 0.5) is 0 Å². The molecule has 0 rings (SSSR count). The predicted molar refractivity (Wildman–Crippen MR) is 74.8 cm³/mol. The van der Waals surface area contributed by atoms with Crippen molar-refractivity contribution in [3.8, 4) is 0 Å². The predicted octanol–water partition coefficient (Wildman–Crippen LogP) is 3.97. The van der Waals surface area contributed by atoms with Gasteiger partial charge in [-0.2, -0.15) is 0 Å². The fourth-order valence-corrected chi connectivity index (χ4v) is 2.85. The lowest BCUT2D eigenvalue weighted by atomic mass is 9.75. The highest BCUT2D eigenvalue weighted by atomic mass is 35.5. The molecule has 0 heterocycles. The molecule has 0 aromatic rings. The lowest BCUT2D eigenvalue weighted by molar-refractivity contribution is -0.0281. The van der Waals surface area contributed by atoms with Gasteiger partial charge in [0.05, 0.1) is 19.8 Å². The standard InChI is InChI=1S/C14H29ClO2/c1-12(2)8-14(10-16-5,9-13(3)4)11-17-7-6-15/h12-13H,6-11H2,1-5H3. The molecule has 17 heavy (non-hydrogen) atoms. The number of halogens is 1. The van der Waals surface area contributed by atoms with Crippen molar-refractivity contribution >= 4 is 11.6 Å². The Labute approximate surface area is 112 Å². The van der Waals surface area contributed by atoms with Crippen LogP contribution in [0.15, 0.2) is 0 Å². The number of ether oxygens (including phenoxy) is 2. The summed E-state index contributed by atoms with van der Waals surface area (Å²) in [5.41, 5.74) is 0.142. The Bertz CT molecular complexity index is 171. The Balaban J connectivity index is 4.55. The average molecular weight is 265 g/mol. The lowest BCUT2D eigenvalue weighted by Gasteiger charge is -2.36. The van der Waals surface area contributed by atoms with Crippen LogP contribution in [-0.2, 0) is 9.47 Å². The molecule has 104 valence electrons. The zero-order valence-electron chi connectivity index (χ0n) is 12.1. The number of alkyl halides is 1. The third kappa shape index (κ3) is 8.01. The van der Waals surface area contributed by atoms with Crippen LogP contribution in [0, 0.1) is 17.3 Å². The third-order valence-corrected chi connectivity index (χ3v) is 2.92. The first-order valence-electron chi connectivity index (χ1n) is 6.58. The van der Waals surface area contributed by atoms with Crippen LogP contribution < -0.4 is 0 Å². The van der Waals surface area contributed by atoms with Crippen LogP contribution in [-0.4, -0.2) is 32.8 Å². The molecule has 0 saturated heterocycles. The molecule has 0 atom stereocenters. The van der Waals surface area contributed by atoms with Gasteiger partial charge in [-0.25, -0.2) is 0 Å². The highest BCUT2D eigenvalue weighted by Crippen LogP contribution is 2.34. The van der Waals surface area contributed by atoms with Crippen LogP contribution in [0.1, 0.15) is 40.5 Å². The number of methoxy groups -OCH3 is 1. The molecular weight excluding hydrogens is 236 g/mol. The lowest BCUT2D eigenvalue weighted by Crippen LogP contribution is -2.35. The van der Waals surface area contributed by atoms with E-state index in [9.17, 15) is 0 Å². The Hall–Kier alpha value is 0.210. The normalized spacial score (nSPS) is 12.7. The van der Waals surface area contributed by atoms with Crippen LogP contribution in [0.3, 0.4) is 0 Å². The smallest absolute Gasteiger partial charge is 0.0602 e. The van der Waals surface area contributed by atoms with E-state index in [-0.39, 0.29) is 5.41 Å². The summed E-state index contributed by atoms with van der Waals surface area (Å²) < 4.78 is 11.1. The summed E-state index contributed by atoms with van der Waals surface area (Å²) in [6, 6.07) is 0. The van der Waals surface area contributed by atoms with Crippen LogP contribution in [0.2, 0.25) is 0 Å². The summed E-state index contributed by atoms with van der Waals surface area (Å²) in [6.07, 6.45) is 2.28. The Morgan fingerprint density at radius 2 is 1.53 bits per heavy atom. The van der Waals surface area contributed by atoms with E-state index in [1.165, 1.54) is 0 Å². The van der Waals surface area contributed by atoms with Gasteiger partial charge >= 0.3 is 0 Å². The van der Waals surface area contributed by atoms with Gasteiger partial charge < -0.3 is 9.47 Å². The second-order valence-corrected chi connectivity index (χ2v) is 6.25. The SMILES string of the molecule is COCC(COCCCl)(CC(C)C)CC(C)C. The van der Waals surface area contributed by atoms with Gasteiger partial charge in [0.25, 0.3) is 0 Å². The van der Waals surface area contributed by atoms with Crippen molar-refractivity contribution in [3.05, 3.63) is 0 Å². The molecule has 0 aromatic carbocycles. The molecule has 0 aliphatic carbocycles. The van der Waals surface area contributed by atoms with E-state index in [1.54, 1.807) is 7.11 Å². The molecular formula is C14H29ClO2. The van der Waals surface area contributed by atoms with Gasteiger partial charge in [-0.15, -0.1) is 11.6 Å². The molecule has 0 amide bonds. The molecule has 0 N–H and O–H groups in total. The minimum absolute atomic E-state index is 0.142. The number of hydrogen-bond acceptors (Lipinski definition) is 2. The molecule has 0 aliphatic rings. The van der Waals surface area contributed by atoms with E-state index in [4.69, 9.17) is 21.1 Å². The first-order chi connectivity index (χ1) is 7.95. The van der Waals surface area contributed by atoms with Crippen molar-refractivity contribution in [2.24, 2.45) is 17.3 Å². The Morgan fingerprint density at radius 1 is 1.00 bits per heavy atom. The minimum Gasteiger partial charge on any atom is -0.384 e. The van der Waals surface area contributed by atoms with Crippen LogP contribution >= 0.6 is 11.6 Å². The fourth-order valence-electron chi connectivity index (χ4n) is 2.74.